The molecule has 21 heavy (non-hydrogen) atoms. The number of hydrogen-bond donors (Lipinski definition) is 1. The number of amides is 1. The van der Waals surface area contributed by atoms with Crippen LogP contribution in [0.4, 0.5) is 5.00 Å². The van der Waals surface area contributed by atoms with Gasteiger partial charge in [-0.15, -0.1) is 11.3 Å². The molecule has 4 nitrogen and oxygen atoms in total. The van der Waals surface area contributed by atoms with Crippen molar-refractivity contribution in [3.63, 3.8) is 0 Å². The first-order valence-electron chi connectivity index (χ1n) is 6.03. The molecule has 1 aromatic carbocycles. The lowest BCUT2D eigenvalue weighted by atomic mass is 10.2. The number of carbonyl (C=O) groups excluding carboxylic acids is 2. The lowest BCUT2D eigenvalue weighted by molar-refractivity contribution is 0.0528. The number of anilines is 1. The minimum absolute atomic E-state index is 0.287. The van der Waals surface area contributed by atoms with Crippen LogP contribution in [0, 0.1) is 0 Å². The van der Waals surface area contributed by atoms with Gasteiger partial charge in [0.15, 0.2) is 0 Å². The molecule has 0 aliphatic heterocycles. The average molecular weight is 433 g/mol. The van der Waals surface area contributed by atoms with Crippen LogP contribution in [-0.2, 0) is 4.74 Å². The Hall–Kier alpha value is -1.18. The third kappa shape index (κ3) is 4.15. The van der Waals surface area contributed by atoms with Crippen molar-refractivity contribution in [2.75, 3.05) is 11.9 Å². The number of carbonyl (C=O) groups is 2. The Labute approximate surface area is 142 Å². The molecular weight excluding hydrogens is 422 g/mol. The topological polar surface area (TPSA) is 55.4 Å². The van der Waals surface area contributed by atoms with E-state index in [1.165, 1.54) is 11.3 Å². The summed E-state index contributed by atoms with van der Waals surface area (Å²) in [5.41, 5.74) is 0.851. The summed E-state index contributed by atoms with van der Waals surface area (Å²) in [4.78, 5) is 24.0. The molecule has 0 fully saturated rings. The molecule has 0 radical (unpaired) electrons. The van der Waals surface area contributed by atoms with Gasteiger partial charge in [-0.25, -0.2) is 4.79 Å². The fraction of sp³-hybridized carbons (Fsp3) is 0.143. The van der Waals surface area contributed by atoms with E-state index in [1.54, 1.807) is 30.5 Å². The van der Waals surface area contributed by atoms with Crippen molar-refractivity contribution in [1.82, 2.24) is 0 Å². The predicted molar refractivity (Wildman–Crippen MR) is 90.1 cm³/mol. The zero-order valence-electron chi connectivity index (χ0n) is 11.0. The quantitative estimate of drug-likeness (QED) is 0.712. The maximum Gasteiger partial charge on any atom is 0.341 e. The summed E-state index contributed by atoms with van der Waals surface area (Å²) in [5.74, 6) is -0.727. The van der Waals surface area contributed by atoms with Gasteiger partial charge in [-0.05, 0) is 36.6 Å². The van der Waals surface area contributed by atoms with Crippen LogP contribution in [0.15, 0.2) is 38.6 Å². The third-order valence-electron chi connectivity index (χ3n) is 2.51. The van der Waals surface area contributed by atoms with Gasteiger partial charge in [0.05, 0.1) is 12.2 Å². The SMILES string of the molecule is CCOC(=O)c1ccsc1NC(=O)c1cc(Br)cc(Br)c1. The first kappa shape index (κ1) is 16.2. The van der Waals surface area contributed by atoms with E-state index in [0.29, 0.717) is 22.7 Å². The third-order valence-corrected chi connectivity index (χ3v) is 4.26. The molecular formula is C14H11Br2NO3S. The molecule has 0 aliphatic rings. The highest BCUT2D eigenvalue weighted by molar-refractivity contribution is 9.11. The summed E-state index contributed by atoms with van der Waals surface area (Å²) in [6, 6.07) is 6.89. The van der Waals surface area contributed by atoms with Gasteiger partial charge in [0, 0.05) is 14.5 Å². The molecule has 0 spiro atoms. The summed E-state index contributed by atoms with van der Waals surface area (Å²) in [7, 11) is 0. The van der Waals surface area contributed by atoms with Crippen LogP contribution in [0.1, 0.15) is 27.6 Å². The van der Waals surface area contributed by atoms with Crippen molar-refractivity contribution in [2.45, 2.75) is 6.92 Å². The van der Waals surface area contributed by atoms with Crippen molar-refractivity contribution in [3.05, 3.63) is 49.7 Å². The summed E-state index contributed by atoms with van der Waals surface area (Å²) < 4.78 is 6.54. The van der Waals surface area contributed by atoms with Gasteiger partial charge in [0.2, 0.25) is 0 Å². The standard InChI is InChI=1S/C14H11Br2NO3S/c1-2-20-14(19)11-3-4-21-13(11)17-12(18)8-5-9(15)7-10(16)6-8/h3-7H,2H2,1H3,(H,17,18). The lowest BCUT2D eigenvalue weighted by Crippen LogP contribution is -2.14. The van der Waals surface area contributed by atoms with Gasteiger partial charge in [-0.3, -0.25) is 4.79 Å². The van der Waals surface area contributed by atoms with Gasteiger partial charge in [0.1, 0.15) is 5.00 Å². The predicted octanol–water partition coefficient (Wildman–Crippen LogP) is 4.70. The minimum Gasteiger partial charge on any atom is -0.462 e. The number of hydrogen-bond acceptors (Lipinski definition) is 4. The van der Waals surface area contributed by atoms with Crippen molar-refractivity contribution in [2.24, 2.45) is 0 Å². The molecule has 7 heteroatoms. The van der Waals surface area contributed by atoms with Gasteiger partial charge in [-0.1, -0.05) is 31.9 Å². The summed E-state index contributed by atoms with van der Waals surface area (Å²) >= 11 is 7.95. The van der Waals surface area contributed by atoms with Crippen LogP contribution in [0.2, 0.25) is 0 Å². The Bertz CT molecular complexity index is 664. The number of nitrogens with one attached hydrogen (secondary N) is 1. The average Bonchev–Trinajstić information content (AvgIpc) is 2.86. The fourth-order valence-electron chi connectivity index (χ4n) is 1.64. The highest BCUT2D eigenvalue weighted by atomic mass is 79.9. The van der Waals surface area contributed by atoms with E-state index in [1.807, 2.05) is 6.07 Å². The second kappa shape index (κ2) is 7.20. The number of halogens is 2. The van der Waals surface area contributed by atoms with E-state index < -0.39 is 5.97 Å². The zero-order chi connectivity index (χ0) is 15.4. The summed E-state index contributed by atoms with van der Waals surface area (Å²) in [6.07, 6.45) is 0. The number of ether oxygens (including phenoxy) is 1. The normalized spacial score (nSPS) is 10.2. The Morgan fingerprint density at radius 1 is 1.24 bits per heavy atom. The van der Waals surface area contributed by atoms with Crippen LogP contribution in [0.3, 0.4) is 0 Å². The Morgan fingerprint density at radius 2 is 1.90 bits per heavy atom. The van der Waals surface area contributed by atoms with Crippen LogP contribution in [0.25, 0.3) is 0 Å². The number of thiophene rings is 1. The molecule has 1 amide bonds. The summed E-state index contributed by atoms with van der Waals surface area (Å²) in [6.45, 7) is 2.03. The van der Waals surface area contributed by atoms with E-state index in [0.717, 1.165) is 8.95 Å². The Balaban J connectivity index is 2.20. The molecule has 2 rings (SSSR count). The van der Waals surface area contributed by atoms with Gasteiger partial charge in [0.25, 0.3) is 5.91 Å². The van der Waals surface area contributed by atoms with E-state index in [9.17, 15) is 9.59 Å². The Morgan fingerprint density at radius 3 is 2.52 bits per heavy atom. The van der Waals surface area contributed by atoms with Gasteiger partial charge < -0.3 is 10.1 Å². The number of rotatable bonds is 4. The number of benzene rings is 1. The van der Waals surface area contributed by atoms with E-state index >= 15 is 0 Å². The smallest absolute Gasteiger partial charge is 0.341 e. The first-order chi connectivity index (χ1) is 10.0. The highest BCUT2D eigenvalue weighted by Crippen LogP contribution is 2.26. The first-order valence-corrected chi connectivity index (χ1v) is 8.50. The molecule has 110 valence electrons. The van der Waals surface area contributed by atoms with E-state index in [2.05, 4.69) is 37.2 Å². The molecule has 0 atom stereocenters. The van der Waals surface area contributed by atoms with Crippen molar-refractivity contribution in [1.29, 1.82) is 0 Å². The molecule has 1 heterocycles. The number of esters is 1. The monoisotopic (exact) mass is 431 g/mol. The molecule has 0 bridgehead atoms. The fourth-order valence-corrected chi connectivity index (χ4v) is 3.70. The van der Waals surface area contributed by atoms with Crippen molar-refractivity contribution < 1.29 is 14.3 Å². The van der Waals surface area contributed by atoms with Gasteiger partial charge in [-0.2, -0.15) is 0 Å². The Kier molecular flexibility index (Phi) is 5.55. The largest absolute Gasteiger partial charge is 0.462 e. The highest BCUT2D eigenvalue weighted by Gasteiger charge is 2.17. The molecule has 2 aromatic rings. The van der Waals surface area contributed by atoms with Gasteiger partial charge >= 0.3 is 5.97 Å². The minimum atomic E-state index is -0.440. The van der Waals surface area contributed by atoms with Crippen LogP contribution < -0.4 is 5.32 Å². The van der Waals surface area contributed by atoms with E-state index in [4.69, 9.17) is 4.74 Å². The maximum absolute atomic E-state index is 12.3. The molecule has 1 N–H and O–H groups in total. The second-order valence-electron chi connectivity index (χ2n) is 4.00. The van der Waals surface area contributed by atoms with Crippen LogP contribution in [0.5, 0.6) is 0 Å². The molecule has 1 aromatic heterocycles. The van der Waals surface area contributed by atoms with Crippen molar-refractivity contribution in [3.8, 4) is 0 Å². The second-order valence-corrected chi connectivity index (χ2v) is 6.74. The van der Waals surface area contributed by atoms with Crippen molar-refractivity contribution >= 4 is 60.1 Å². The molecule has 0 saturated heterocycles. The zero-order valence-corrected chi connectivity index (χ0v) is 15.0. The maximum atomic E-state index is 12.3. The van der Waals surface area contributed by atoms with E-state index in [-0.39, 0.29) is 5.91 Å². The van der Waals surface area contributed by atoms with Crippen LogP contribution in [-0.4, -0.2) is 18.5 Å². The lowest BCUT2D eigenvalue weighted by Gasteiger charge is -2.07. The molecule has 0 unspecified atom stereocenters. The van der Waals surface area contributed by atoms with Crippen LogP contribution >= 0.6 is 43.2 Å². The summed E-state index contributed by atoms with van der Waals surface area (Å²) in [5, 5.41) is 4.95. The molecule has 0 saturated carbocycles. The molecule has 0 aliphatic carbocycles.